The summed E-state index contributed by atoms with van der Waals surface area (Å²) in [5.41, 5.74) is 0. The molecular formula is C10H21NO2S. The molecular weight excluding hydrogens is 198 g/mol. The second-order valence-electron chi connectivity index (χ2n) is 4.39. The minimum absolute atomic E-state index is 0.158. The summed E-state index contributed by atoms with van der Waals surface area (Å²) in [6, 6.07) is 0.158. The molecule has 1 aliphatic carbocycles. The Morgan fingerprint density at radius 1 is 1.29 bits per heavy atom. The molecule has 0 saturated heterocycles. The molecule has 0 aromatic heterocycles. The van der Waals surface area contributed by atoms with E-state index in [0.29, 0.717) is 5.92 Å². The van der Waals surface area contributed by atoms with E-state index in [9.17, 15) is 8.42 Å². The average molecular weight is 219 g/mol. The second-order valence-corrected chi connectivity index (χ2v) is 6.57. The van der Waals surface area contributed by atoms with Gasteiger partial charge in [0.1, 0.15) is 9.84 Å². The van der Waals surface area contributed by atoms with Gasteiger partial charge in [-0.25, -0.2) is 8.42 Å². The predicted octanol–water partition coefficient (Wildman–Crippen LogP) is 1.20. The van der Waals surface area contributed by atoms with E-state index in [1.807, 2.05) is 7.05 Å². The third-order valence-corrected chi connectivity index (χ3v) is 4.04. The van der Waals surface area contributed by atoms with Gasteiger partial charge in [-0.3, -0.25) is 0 Å². The van der Waals surface area contributed by atoms with Crippen LogP contribution in [0.4, 0.5) is 0 Å². The molecule has 3 nitrogen and oxygen atoms in total. The van der Waals surface area contributed by atoms with Gasteiger partial charge in [0.05, 0.1) is 5.75 Å². The molecule has 84 valence electrons. The normalized spacial score (nSPS) is 22.1. The Bertz CT molecular complexity index is 255. The summed E-state index contributed by atoms with van der Waals surface area (Å²) in [7, 11) is -0.982. The van der Waals surface area contributed by atoms with Gasteiger partial charge in [-0.05, 0) is 25.8 Å². The summed E-state index contributed by atoms with van der Waals surface area (Å²) in [5.74, 6) is 0.845. The molecule has 0 bridgehead atoms. The van der Waals surface area contributed by atoms with Gasteiger partial charge in [0, 0.05) is 12.3 Å². The minimum atomic E-state index is -2.85. The number of rotatable bonds is 4. The lowest BCUT2D eigenvalue weighted by Crippen LogP contribution is -2.40. The molecule has 0 spiro atoms. The fourth-order valence-corrected chi connectivity index (χ4v) is 3.41. The standard InChI is InChI=1S/C10H21NO2S/c1-11-10(8-14(2,12)13)9-6-4-3-5-7-9/h9-11H,3-8H2,1-2H3. The lowest BCUT2D eigenvalue weighted by molar-refractivity contribution is 0.292. The third kappa shape index (κ3) is 3.96. The van der Waals surface area contributed by atoms with Crippen molar-refractivity contribution in [2.24, 2.45) is 5.92 Å². The van der Waals surface area contributed by atoms with Crippen LogP contribution in [-0.4, -0.2) is 33.5 Å². The first-order valence-electron chi connectivity index (χ1n) is 5.38. The van der Waals surface area contributed by atoms with Crippen LogP contribution >= 0.6 is 0 Å². The maximum Gasteiger partial charge on any atom is 0.148 e. The van der Waals surface area contributed by atoms with Crippen LogP contribution in [0, 0.1) is 5.92 Å². The Hall–Kier alpha value is -0.0900. The Kier molecular flexibility index (Phi) is 4.38. The van der Waals surface area contributed by atoms with Crippen LogP contribution in [-0.2, 0) is 9.84 Å². The smallest absolute Gasteiger partial charge is 0.148 e. The molecule has 0 aliphatic heterocycles. The minimum Gasteiger partial charge on any atom is -0.316 e. The first-order valence-corrected chi connectivity index (χ1v) is 7.44. The topological polar surface area (TPSA) is 46.2 Å². The van der Waals surface area contributed by atoms with Crippen LogP contribution < -0.4 is 5.32 Å². The summed E-state index contributed by atoms with van der Waals surface area (Å²) in [5, 5.41) is 3.15. The lowest BCUT2D eigenvalue weighted by Gasteiger charge is -2.29. The zero-order valence-corrected chi connectivity index (χ0v) is 9.94. The number of hydrogen-bond donors (Lipinski definition) is 1. The van der Waals surface area contributed by atoms with E-state index >= 15 is 0 Å². The average Bonchev–Trinajstić information content (AvgIpc) is 2.14. The monoisotopic (exact) mass is 219 g/mol. The van der Waals surface area contributed by atoms with Gasteiger partial charge in [-0.2, -0.15) is 0 Å². The van der Waals surface area contributed by atoms with E-state index in [0.717, 1.165) is 0 Å². The molecule has 0 amide bonds. The van der Waals surface area contributed by atoms with Crippen molar-refractivity contribution in [3.05, 3.63) is 0 Å². The van der Waals surface area contributed by atoms with Crippen LogP contribution in [0.2, 0.25) is 0 Å². The molecule has 1 fully saturated rings. The first kappa shape index (κ1) is 12.0. The molecule has 14 heavy (non-hydrogen) atoms. The van der Waals surface area contributed by atoms with Crippen LogP contribution in [0.15, 0.2) is 0 Å². The number of hydrogen-bond acceptors (Lipinski definition) is 3. The lowest BCUT2D eigenvalue weighted by atomic mass is 9.84. The van der Waals surface area contributed by atoms with E-state index in [4.69, 9.17) is 0 Å². The molecule has 0 aromatic carbocycles. The van der Waals surface area contributed by atoms with Crippen LogP contribution in [0.25, 0.3) is 0 Å². The molecule has 0 aromatic rings. The maximum atomic E-state index is 11.2. The van der Waals surface area contributed by atoms with Crippen molar-refractivity contribution in [1.82, 2.24) is 5.32 Å². The molecule has 4 heteroatoms. The van der Waals surface area contributed by atoms with E-state index in [1.165, 1.54) is 38.4 Å². The van der Waals surface area contributed by atoms with Gasteiger partial charge in [0.25, 0.3) is 0 Å². The van der Waals surface area contributed by atoms with Crippen LogP contribution in [0.3, 0.4) is 0 Å². The van der Waals surface area contributed by atoms with Gasteiger partial charge in [0.15, 0.2) is 0 Å². The highest BCUT2D eigenvalue weighted by molar-refractivity contribution is 7.90. The Morgan fingerprint density at radius 3 is 2.29 bits per heavy atom. The van der Waals surface area contributed by atoms with Gasteiger partial charge < -0.3 is 5.32 Å². The summed E-state index contributed by atoms with van der Waals surface area (Å²) >= 11 is 0. The van der Waals surface area contributed by atoms with Gasteiger partial charge >= 0.3 is 0 Å². The molecule has 1 rings (SSSR count). The maximum absolute atomic E-state index is 11.2. The number of nitrogens with one attached hydrogen (secondary N) is 1. The zero-order chi connectivity index (χ0) is 10.6. The van der Waals surface area contributed by atoms with Crippen molar-refractivity contribution in [3.63, 3.8) is 0 Å². The zero-order valence-electron chi connectivity index (χ0n) is 9.12. The highest BCUT2D eigenvalue weighted by atomic mass is 32.2. The van der Waals surface area contributed by atoms with Crippen molar-refractivity contribution in [3.8, 4) is 0 Å². The quantitative estimate of drug-likeness (QED) is 0.773. The highest BCUT2D eigenvalue weighted by Gasteiger charge is 2.25. The van der Waals surface area contributed by atoms with E-state index in [1.54, 1.807) is 0 Å². The van der Waals surface area contributed by atoms with Crippen molar-refractivity contribution in [2.75, 3.05) is 19.1 Å². The summed E-state index contributed by atoms with van der Waals surface area (Å²) < 4.78 is 22.4. The van der Waals surface area contributed by atoms with Crippen molar-refractivity contribution < 1.29 is 8.42 Å². The highest BCUT2D eigenvalue weighted by Crippen LogP contribution is 2.26. The second kappa shape index (κ2) is 5.12. The van der Waals surface area contributed by atoms with Crippen molar-refractivity contribution >= 4 is 9.84 Å². The third-order valence-electron chi connectivity index (χ3n) is 3.07. The van der Waals surface area contributed by atoms with Crippen molar-refractivity contribution in [1.29, 1.82) is 0 Å². The Balaban J connectivity index is 2.52. The van der Waals surface area contributed by atoms with Gasteiger partial charge in [-0.15, -0.1) is 0 Å². The first-order chi connectivity index (χ1) is 6.53. The molecule has 1 N–H and O–H groups in total. The molecule has 1 aliphatic rings. The molecule has 0 heterocycles. The number of sulfone groups is 1. The summed E-state index contributed by atoms with van der Waals surface area (Å²) in [4.78, 5) is 0. The Labute approximate surface area is 87.2 Å². The van der Waals surface area contributed by atoms with Gasteiger partial charge in [-0.1, -0.05) is 19.3 Å². The van der Waals surface area contributed by atoms with E-state index in [-0.39, 0.29) is 11.8 Å². The SMILES string of the molecule is CNC(CS(C)(=O)=O)C1CCCCC1. The van der Waals surface area contributed by atoms with Crippen molar-refractivity contribution in [2.45, 2.75) is 38.1 Å². The van der Waals surface area contributed by atoms with E-state index in [2.05, 4.69) is 5.32 Å². The largest absolute Gasteiger partial charge is 0.316 e. The molecule has 0 radical (unpaired) electrons. The Morgan fingerprint density at radius 2 is 1.86 bits per heavy atom. The summed E-state index contributed by atoms with van der Waals surface area (Å²) in [6.45, 7) is 0. The van der Waals surface area contributed by atoms with Crippen LogP contribution in [0.1, 0.15) is 32.1 Å². The molecule has 1 unspecified atom stereocenters. The fourth-order valence-electron chi connectivity index (χ4n) is 2.32. The fraction of sp³-hybridized carbons (Fsp3) is 1.00. The van der Waals surface area contributed by atoms with Crippen LogP contribution in [0.5, 0.6) is 0 Å². The molecule has 1 atom stereocenters. The predicted molar refractivity (Wildman–Crippen MR) is 59.1 cm³/mol. The summed E-state index contributed by atoms with van der Waals surface area (Å²) in [6.07, 6.45) is 7.51. The van der Waals surface area contributed by atoms with Gasteiger partial charge in [0.2, 0.25) is 0 Å². The van der Waals surface area contributed by atoms with E-state index < -0.39 is 9.84 Å². The molecule has 1 saturated carbocycles.